The molecule has 2 rings (SSSR count). The van der Waals surface area contributed by atoms with Gasteiger partial charge in [-0.1, -0.05) is 35.9 Å². The molecular weight excluding hydrogens is 266 g/mol. The van der Waals surface area contributed by atoms with E-state index >= 15 is 0 Å². The third kappa shape index (κ3) is 3.62. The van der Waals surface area contributed by atoms with Crippen molar-refractivity contribution in [3.63, 3.8) is 0 Å². The van der Waals surface area contributed by atoms with E-state index in [0.717, 1.165) is 11.6 Å². The monoisotopic (exact) mass is 287 g/mol. The minimum absolute atomic E-state index is 0.327. The zero-order chi connectivity index (χ0) is 14.7. The van der Waals surface area contributed by atoms with Crippen molar-refractivity contribution in [3.05, 3.63) is 69.2 Å². The van der Waals surface area contributed by atoms with Crippen molar-refractivity contribution in [2.24, 2.45) is 0 Å². The molecule has 0 fully saturated rings. The van der Waals surface area contributed by atoms with Crippen LogP contribution in [0.3, 0.4) is 0 Å². The standard InChI is InChI=1S/C18H22ClN/c1-12-8-14(3)18(9-13(12)2)15(4)20-11-16-6-5-7-17(19)10-16/h5-10,15,20H,11H2,1-4H3. The zero-order valence-corrected chi connectivity index (χ0v) is 13.4. The molecule has 0 heterocycles. The van der Waals surface area contributed by atoms with Gasteiger partial charge in [-0.3, -0.25) is 0 Å². The molecule has 1 unspecified atom stereocenters. The SMILES string of the molecule is Cc1cc(C)c(C(C)NCc2cccc(Cl)c2)cc1C. The van der Waals surface area contributed by atoms with Gasteiger partial charge in [0, 0.05) is 17.6 Å². The first kappa shape index (κ1) is 15.1. The molecule has 2 aromatic rings. The lowest BCUT2D eigenvalue weighted by Gasteiger charge is -2.18. The van der Waals surface area contributed by atoms with Gasteiger partial charge in [0.15, 0.2) is 0 Å². The second kappa shape index (κ2) is 6.43. The molecule has 1 atom stereocenters. The van der Waals surface area contributed by atoms with E-state index in [1.807, 2.05) is 18.2 Å². The largest absolute Gasteiger partial charge is 0.306 e. The van der Waals surface area contributed by atoms with E-state index in [0.29, 0.717) is 6.04 Å². The van der Waals surface area contributed by atoms with Gasteiger partial charge in [-0.05, 0) is 67.6 Å². The molecule has 0 aliphatic carbocycles. The van der Waals surface area contributed by atoms with Crippen molar-refractivity contribution in [1.29, 1.82) is 0 Å². The maximum Gasteiger partial charge on any atom is 0.0409 e. The van der Waals surface area contributed by atoms with Crippen LogP contribution in [0.1, 0.15) is 40.8 Å². The lowest BCUT2D eigenvalue weighted by Crippen LogP contribution is -2.19. The van der Waals surface area contributed by atoms with Gasteiger partial charge in [-0.2, -0.15) is 0 Å². The second-order valence-electron chi connectivity index (χ2n) is 5.53. The highest BCUT2D eigenvalue weighted by Crippen LogP contribution is 2.22. The van der Waals surface area contributed by atoms with Crippen molar-refractivity contribution in [2.75, 3.05) is 0 Å². The first-order chi connectivity index (χ1) is 9.47. The molecule has 0 aromatic heterocycles. The van der Waals surface area contributed by atoms with Crippen LogP contribution < -0.4 is 5.32 Å². The number of benzene rings is 2. The van der Waals surface area contributed by atoms with Crippen LogP contribution in [0.5, 0.6) is 0 Å². The lowest BCUT2D eigenvalue weighted by molar-refractivity contribution is 0.572. The Labute approximate surface area is 127 Å². The van der Waals surface area contributed by atoms with E-state index in [-0.39, 0.29) is 0 Å². The summed E-state index contributed by atoms with van der Waals surface area (Å²) in [5.41, 5.74) is 6.63. The number of nitrogens with one attached hydrogen (secondary N) is 1. The van der Waals surface area contributed by atoms with Crippen molar-refractivity contribution < 1.29 is 0 Å². The molecule has 1 nitrogen and oxygen atoms in total. The van der Waals surface area contributed by atoms with Gasteiger partial charge < -0.3 is 5.32 Å². The summed E-state index contributed by atoms with van der Waals surface area (Å²) in [5.74, 6) is 0. The number of aryl methyl sites for hydroxylation is 3. The van der Waals surface area contributed by atoms with Gasteiger partial charge in [-0.25, -0.2) is 0 Å². The van der Waals surface area contributed by atoms with Crippen LogP contribution in [-0.2, 0) is 6.54 Å². The van der Waals surface area contributed by atoms with Crippen LogP contribution in [0.4, 0.5) is 0 Å². The predicted molar refractivity (Wildman–Crippen MR) is 87.4 cm³/mol. The molecule has 106 valence electrons. The molecule has 0 saturated carbocycles. The predicted octanol–water partition coefficient (Wildman–Crippen LogP) is 5.12. The van der Waals surface area contributed by atoms with Crippen LogP contribution in [0.15, 0.2) is 36.4 Å². The van der Waals surface area contributed by atoms with E-state index in [1.54, 1.807) is 0 Å². The van der Waals surface area contributed by atoms with Crippen LogP contribution in [0.2, 0.25) is 5.02 Å². The van der Waals surface area contributed by atoms with Gasteiger partial charge in [0.1, 0.15) is 0 Å². The van der Waals surface area contributed by atoms with Gasteiger partial charge in [0.05, 0.1) is 0 Å². The molecule has 2 aromatic carbocycles. The quantitative estimate of drug-likeness (QED) is 0.823. The highest BCUT2D eigenvalue weighted by molar-refractivity contribution is 6.30. The Morgan fingerprint density at radius 2 is 1.70 bits per heavy atom. The summed E-state index contributed by atoms with van der Waals surface area (Å²) >= 11 is 6.01. The molecule has 0 aliphatic rings. The van der Waals surface area contributed by atoms with Gasteiger partial charge in [0.25, 0.3) is 0 Å². The molecule has 0 spiro atoms. The molecule has 0 aliphatic heterocycles. The summed E-state index contributed by atoms with van der Waals surface area (Å²) in [7, 11) is 0. The smallest absolute Gasteiger partial charge is 0.0409 e. The number of halogens is 1. The van der Waals surface area contributed by atoms with E-state index in [1.165, 1.54) is 27.8 Å². The molecule has 0 radical (unpaired) electrons. The van der Waals surface area contributed by atoms with E-state index in [9.17, 15) is 0 Å². The Bertz CT molecular complexity index is 604. The Morgan fingerprint density at radius 3 is 2.40 bits per heavy atom. The topological polar surface area (TPSA) is 12.0 Å². The van der Waals surface area contributed by atoms with Crippen LogP contribution >= 0.6 is 11.6 Å². The van der Waals surface area contributed by atoms with Crippen LogP contribution in [0, 0.1) is 20.8 Å². The Morgan fingerprint density at radius 1 is 1.00 bits per heavy atom. The molecule has 1 N–H and O–H groups in total. The van der Waals surface area contributed by atoms with Crippen molar-refractivity contribution in [2.45, 2.75) is 40.3 Å². The van der Waals surface area contributed by atoms with Crippen LogP contribution in [0.25, 0.3) is 0 Å². The maximum absolute atomic E-state index is 6.01. The molecule has 20 heavy (non-hydrogen) atoms. The summed E-state index contributed by atoms with van der Waals surface area (Å²) in [6.07, 6.45) is 0. The average Bonchev–Trinajstić information content (AvgIpc) is 2.40. The maximum atomic E-state index is 6.01. The fraction of sp³-hybridized carbons (Fsp3) is 0.333. The normalized spacial score (nSPS) is 12.4. The van der Waals surface area contributed by atoms with E-state index < -0.39 is 0 Å². The molecular formula is C18H22ClN. The van der Waals surface area contributed by atoms with E-state index in [2.05, 4.69) is 51.2 Å². The molecule has 0 amide bonds. The van der Waals surface area contributed by atoms with Gasteiger partial charge >= 0.3 is 0 Å². The summed E-state index contributed by atoms with van der Waals surface area (Å²) in [6.45, 7) is 9.55. The van der Waals surface area contributed by atoms with Gasteiger partial charge in [0.2, 0.25) is 0 Å². The third-order valence-electron chi connectivity index (χ3n) is 3.85. The fourth-order valence-electron chi connectivity index (χ4n) is 2.48. The van der Waals surface area contributed by atoms with E-state index in [4.69, 9.17) is 11.6 Å². The summed E-state index contributed by atoms with van der Waals surface area (Å²) < 4.78 is 0. The lowest BCUT2D eigenvalue weighted by atomic mass is 9.96. The molecule has 0 bridgehead atoms. The van der Waals surface area contributed by atoms with Crippen molar-refractivity contribution >= 4 is 11.6 Å². The number of hydrogen-bond donors (Lipinski definition) is 1. The zero-order valence-electron chi connectivity index (χ0n) is 12.6. The van der Waals surface area contributed by atoms with Crippen LogP contribution in [-0.4, -0.2) is 0 Å². The number of rotatable bonds is 4. The average molecular weight is 288 g/mol. The first-order valence-corrected chi connectivity index (χ1v) is 7.40. The Kier molecular flexibility index (Phi) is 4.85. The minimum Gasteiger partial charge on any atom is -0.306 e. The minimum atomic E-state index is 0.327. The Balaban J connectivity index is 2.09. The highest BCUT2D eigenvalue weighted by atomic mass is 35.5. The summed E-state index contributed by atoms with van der Waals surface area (Å²) in [6, 6.07) is 12.9. The van der Waals surface area contributed by atoms with Crippen molar-refractivity contribution in [1.82, 2.24) is 5.32 Å². The third-order valence-corrected chi connectivity index (χ3v) is 4.09. The molecule has 0 saturated heterocycles. The second-order valence-corrected chi connectivity index (χ2v) is 5.96. The first-order valence-electron chi connectivity index (χ1n) is 7.03. The highest BCUT2D eigenvalue weighted by Gasteiger charge is 2.09. The van der Waals surface area contributed by atoms with Gasteiger partial charge in [-0.15, -0.1) is 0 Å². The summed E-state index contributed by atoms with van der Waals surface area (Å²) in [4.78, 5) is 0. The fourth-order valence-corrected chi connectivity index (χ4v) is 2.69. The number of hydrogen-bond acceptors (Lipinski definition) is 1. The van der Waals surface area contributed by atoms with Crippen molar-refractivity contribution in [3.8, 4) is 0 Å². The molecule has 2 heteroatoms. The summed E-state index contributed by atoms with van der Waals surface area (Å²) in [5, 5.41) is 4.36. The Hall–Kier alpha value is -1.31.